The summed E-state index contributed by atoms with van der Waals surface area (Å²) in [5, 5.41) is 11.8. The van der Waals surface area contributed by atoms with Gasteiger partial charge in [0.2, 0.25) is 5.82 Å². The molecule has 2 aromatic heterocycles. The quantitative estimate of drug-likeness (QED) is 0.652. The molecule has 9 nitrogen and oxygen atoms in total. The van der Waals surface area contributed by atoms with Crippen LogP contribution in [0.15, 0.2) is 42.7 Å². The monoisotopic (exact) mass is 446 g/mol. The van der Waals surface area contributed by atoms with E-state index in [-0.39, 0.29) is 24.0 Å². The first-order valence-corrected chi connectivity index (χ1v) is 10.1. The molecule has 10 heteroatoms. The number of pyridine rings is 1. The zero-order valence-corrected chi connectivity index (χ0v) is 17.9. The van der Waals surface area contributed by atoms with Crippen LogP contribution in [0.2, 0.25) is 0 Å². The maximum absolute atomic E-state index is 13.5. The molecule has 0 fully saturated rings. The topological polar surface area (TPSA) is 121 Å². The van der Waals surface area contributed by atoms with Gasteiger partial charge in [0.25, 0.3) is 11.8 Å². The number of halogens is 1. The molecule has 3 aromatic rings. The summed E-state index contributed by atoms with van der Waals surface area (Å²) < 4.78 is 19.0. The number of fused-ring (bicyclic) bond motifs is 1. The second kappa shape index (κ2) is 9.00. The summed E-state index contributed by atoms with van der Waals surface area (Å²) in [6.07, 6.45) is 3.16. The van der Waals surface area contributed by atoms with Crippen molar-refractivity contribution in [2.45, 2.75) is 19.4 Å². The molecular weight excluding hydrogens is 427 g/mol. The Balaban J connectivity index is 1.60. The third-order valence-corrected chi connectivity index (χ3v) is 5.17. The number of likely N-dealkylation sites (N-methyl/N-ethyl adjacent to an activating group) is 1. The lowest BCUT2D eigenvalue weighted by Gasteiger charge is -2.19. The van der Waals surface area contributed by atoms with Gasteiger partial charge in [0.15, 0.2) is 11.6 Å². The number of nitriles is 1. The highest BCUT2D eigenvalue weighted by molar-refractivity contribution is 6.01. The van der Waals surface area contributed by atoms with Crippen LogP contribution < -0.4 is 15.0 Å². The molecule has 0 unspecified atom stereocenters. The van der Waals surface area contributed by atoms with Gasteiger partial charge >= 0.3 is 0 Å². The fourth-order valence-electron chi connectivity index (χ4n) is 3.44. The lowest BCUT2D eigenvalue weighted by atomic mass is 10.0. The highest BCUT2D eigenvalue weighted by Crippen LogP contribution is 2.28. The number of rotatable bonds is 4. The third-order valence-electron chi connectivity index (χ3n) is 5.17. The molecule has 1 atom stereocenters. The second-order valence-electron chi connectivity index (χ2n) is 7.32. The van der Waals surface area contributed by atoms with Crippen LogP contribution in [0.4, 0.5) is 10.2 Å². The molecule has 1 aromatic carbocycles. The number of nitrogens with zero attached hydrogens (tertiary/aromatic N) is 5. The van der Waals surface area contributed by atoms with Crippen molar-refractivity contribution >= 4 is 17.6 Å². The Morgan fingerprint density at radius 3 is 2.91 bits per heavy atom. The summed E-state index contributed by atoms with van der Waals surface area (Å²) in [4.78, 5) is 39.4. The Morgan fingerprint density at radius 2 is 2.15 bits per heavy atom. The fraction of sp³-hybridized carbons (Fsp3) is 0.217. The maximum Gasteiger partial charge on any atom is 0.289 e. The molecule has 1 N–H and O–H groups in total. The van der Waals surface area contributed by atoms with E-state index >= 15 is 0 Å². The zero-order chi connectivity index (χ0) is 23.5. The first kappa shape index (κ1) is 21.8. The van der Waals surface area contributed by atoms with Crippen molar-refractivity contribution < 1.29 is 18.7 Å². The average molecular weight is 446 g/mol. The van der Waals surface area contributed by atoms with Crippen molar-refractivity contribution in [2.24, 2.45) is 0 Å². The molecular formula is C23H19FN6O3. The van der Waals surface area contributed by atoms with Crippen molar-refractivity contribution in [3.8, 4) is 23.1 Å². The number of aryl methyl sites for hydroxylation is 1. The van der Waals surface area contributed by atoms with Gasteiger partial charge in [-0.1, -0.05) is 19.1 Å². The largest absolute Gasteiger partial charge is 0.487 e. The normalized spacial score (nSPS) is 15.2. The molecule has 4 rings (SSSR count). The Morgan fingerprint density at radius 1 is 1.33 bits per heavy atom. The minimum atomic E-state index is -1.06. The maximum atomic E-state index is 13.5. The van der Waals surface area contributed by atoms with Crippen molar-refractivity contribution in [1.29, 1.82) is 5.26 Å². The van der Waals surface area contributed by atoms with E-state index in [2.05, 4.69) is 26.3 Å². The van der Waals surface area contributed by atoms with Crippen LogP contribution in [-0.4, -0.2) is 46.5 Å². The molecule has 1 aliphatic rings. The number of aromatic nitrogens is 3. The number of nitrogens with one attached hydrogen (secondary N) is 1. The van der Waals surface area contributed by atoms with Crippen molar-refractivity contribution in [3.05, 3.63) is 65.5 Å². The molecule has 0 aliphatic carbocycles. The number of carbonyl (C=O) groups excluding carboxylic acids is 2. The van der Waals surface area contributed by atoms with Gasteiger partial charge in [0.05, 0.1) is 23.5 Å². The van der Waals surface area contributed by atoms with E-state index in [0.29, 0.717) is 23.2 Å². The molecule has 166 valence electrons. The Bertz CT molecular complexity index is 1290. The van der Waals surface area contributed by atoms with E-state index in [1.165, 1.54) is 11.9 Å². The van der Waals surface area contributed by atoms with E-state index in [1.807, 2.05) is 6.92 Å². The van der Waals surface area contributed by atoms with Crippen LogP contribution >= 0.6 is 0 Å². The summed E-state index contributed by atoms with van der Waals surface area (Å²) in [5.41, 5.74) is 2.48. The first-order chi connectivity index (χ1) is 15.9. The van der Waals surface area contributed by atoms with E-state index in [1.54, 1.807) is 30.5 Å². The van der Waals surface area contributed by atoms with Crippen LogP contribution in [0.5, 0.6) is 5.75 Å². The molecule has 0 radical (unpaired) electrons. The summed E-state index contributed by atoms with van der Waals surface area (Å²) in [6.45, 7) is 1.72. The summed E-state index contributed by atoms with van der Waals surface area (Å²) in [6, 6.07) is 9.05. The number of hydrogen-bond donors (Lipinski definition) is 1. The average Bonchev–Trinajstić information content (AvgIpc) is 2.95. The lowest BCUT2D eigenvalue weighted by Crippen LogP contribution is -2.49. The minimum Gasteiger partial charge on any atom is -0.487 e. The van der Waals surface area contributed by atoms with Gasteiger partial charge in [-0.3, -0.25) is 14.5 Å². The number of anilines is 1. The van der Waals surface area contributed by atoms with E-state index < -0.39 is 23.7 Å². The smallest absolute Gasteiger partial charge is 0.289 e. The highest BCUT2D eigenvalue weighted by Gasteiger charge is 2.32. The van der Waals surface area contributed by atoms with Gasteiger partial charge < -0.3 is 10.1 Å². The number of carbonyl (C=O) groups is 2. The third kappa shape index (κ3) is 4.34. The lowest BCUT2D eigenvalue weighted by molar-refractivity contribution is -0.120. The number of benzene rings is 1. The minimum absolute atomic E-state index is 0.103. The molecule has 0 spiro atoms. The van der Waals surface area contributed by atoms with Crippen LogP contribution in [0.25, 0.3) is 11.3 Å². The zero-order valence-electron chi connectivity index (χ0n) is 17.9. The first-order valence-electron chi connectivity index (χ1n) is 10.1. The summed E-state index contributed by atoms with van der Waals surface area (Å²) >= 11 is 0. The molecule has 2 amide bonds. The molecule has 33 heavy (non-hydrogen) atoms. The summed E-state index contributed by atoms with van der Waals surface area (Å²) in [7, 11) is 1.47. The number of hydrogen-bond acceptors (Lipinski definition) is 7. The van der Waals surface area contributed by atoms with Gasteiger partial charge in [0, 0.05) is 24.9 Å². The predicted octanol–water partition coefficient (Wildman–Crippen LogP) is 2.27. The van der Waals surface area contributed by atoms with Crippen LogP contribution in [0, 0.1) is 17.1 Å². The molecule has 0 saturated carbocycles. The Hall–Kier alpha value is -4.39. The van der Waals surface area contributed by atoms with Gasteiger partial charge in [-0.25, -0.2) is 19.3 Å². The molecule has 3 heterocycles. The van der Waals surface area contributed by atoms with Crippen molar-refractivity contribution in [1.82, 2.24) is 20.3 Å². The van der Waals surface area contributed by atoms with Crippen molar-refractivity contribution in [3.63, 3.8) is 0 Å². The predicted molar refractivity (Wildman–Crippen MR) is 116 cm³/mol. The van der Waals surface area contributed by atoms with Gasteiger partial charge in [-0.2, -0.15) is 5.26 Å². The fourth-order valence-corrected chi connectivity index (χ4v) is 3.44. The number of amides is 2. The second-order valence-corrected chi connectivity index (χ2v) is 7.32. The van der Waals surface area contributed by atoms with E-state index in [9.17, 15) is 19.2 Å². The standard InChI is InChI=1S/C23H19FN6O3/c1-3-14-10-26-20(29-19(14)15-6-4-5-13(7-15)9-25)22(31)28-17-12-33-18-8-16(24)11-27-21(18)30(2)23(17)32/h4-8,10-11,17H,3,12H2,1-2H3,(H,28,31)/t17-/m0/s1. The van der Waals surface area contributed by atoms with Crippen LogP contribution in [-0.2, 0) is 11.2 Å². The Labute approximate surface area is 188 Å². The van der Waals surface area contributed by atoms with E-state index in [4.69, 9.17) is 4.74 Å². The molecule has 0 saturated heterocycles. The molecule has 1 aliphatic heterocycles. The summed E-state index contributed by atoms with van der Waals surface area (Å²) in [5.74, 6) is -1.63. The van der Waals surface area contributed by atoms with E-state index in [0.717, 1.165) is 17.8 Å². The van der Waals surface area contributed by atoms with Gasteiger partial charge in [-0.15, -0.1) is 0 Å². The van der Waals surface area contributed by atoms with Gasteiger partial charge in [0.1, 0.15) is 18.5 Å². The van der Waals surface area contributed by atoms with Gasteiger partial charge in [-0.05, 0) is 24.1 Å². The van der Waals surface area contributed by atoms with Crippen LogP contribution in [0.3, 0.4) is 0 Å². The van der Waals surface area contributed by atoms with Crippen molar-refractivity contribution in [2.75, 3.05) is 18.6 Å². The molecule has 0 bridgehead atoms. The SMILES string of the molecule is CCc1cnc(C(=O)N[C@H]2COc3cc(F)cnc3N(C)C2=O)nc1-c1cccc(C#N)c1. The highest BCUT2D eigenvalue weighted by atomic mass is 19.1. The Kier molecular flexibility index (Phi) is 5.95. The van der Waals surface area contributed by atoms with Crippen LogP contribution in [0.1, 0.15) is 28.7 Å². The number of ether oxygens (including phenoxy) is 1.